The van der Waals surface area contributed by atoms with Gasteiger partial charge in [0.15, 0.2) is 5.76 Å². The lowest BCUT2D eigenvalue weighted by Gasteiger charge is -2.31. The standard InChI is InChI=1S/C18H24N4O4S/c1-12(15-4-8-19-9-5-15)20-18(23)16-6-10-22(11-7-16)27(24,25)17-13(2)21-26-14(17)3/h4-5,8-9,12,16H,6-7,10-11H2,1-3H3,(H,20,23). The van der Waals surface area contributed by atoms with Crippen LogP contribution in [0.25, 0.3) is 0 Å². The third-order valence-corrected chi connectivity index (χ3v) is 7.10. The summed E-state index contributed by atoms with van der Waals surface area (Å²) in [5.41, 5.74) is 1.34. The monoisotopic (exact) mass is 392 g/mol. The molecule has 1 aliphatic heterocycles. The maximum Gasteiger partial charge on any atom is 0.248 e. The quantitative estimate of drug-likeness (QED) is 0.834. The van der Waals surface area contributed by atoms with E-state index in [1.165, 1.54) is 4.31 Å². The van der Waals surface area contributed by atoms with Crippen LogP contribution in [0.5, 0.6) is 0 Å². The highest BCUT2D eigenvalue weighted by Crippen LogP contribution is 2.28. The minimum Gasteiger partial charge on any atom is -0.360 e. The molecule has 0 bridgehead atoms. The Labute approximate surface area is 159 Å². The number of rotatable bonds is 5. The van der Waals surface area contributed by atoms with Crippen molar-refractivity contribution in [2.24, 2.45) is 5.92 Å². The second-order valence-corrected chi connectivity index (χ2v) is 8.72. The Morgan fingerprint density at radius 2 is 1.89 bits per heavy atom. The lowest BCUT2D eigenvalue weighted by Crippen LogP contribution is -2.43. The highest BCUT2D eigenvalue weighted by Gasteiger charge is 2.35. The maximum absolute atomic E-state index is 12.8. The lowest BCUT2D eigenvalue weighted by molar-refractivity contribution is -0.126. The molecule has 0 radical (unpaired) electrons. The molecule has 1 unspecified atom stereocenters. The van der Waals surface area contributed by atoms with Gasteiger partial charge >= 0.3 is 0 Å². The molecule has 0 aromatic carbocycles. The summed E-state index contributed by atoms with van der Waals surface area (Å²) in [5, 5.41) is 6.74. The van der Waals surface area contributed by atoms with Crippen LogP contribution < -0.4 is 5.32 Å². The zero-order valence-electron chi connectivity index (χ0n) is 15.7. The minimum absolute atomic E-state index is 0.0475. The number of nitrogens with one attached hydrogen (secondary N) is 1. The molecule has 146 valence electrons. The minimum atomic E-state index is -3.66. The average Bonchev–Trinajstić information content (AvgIpc) is 3.01. The number of hydrogen-bond acceptors (Lipinski definition) is 6. The van der Waals surface area contributed by atoms with Gasteiger partial charge in [0, 0.05) is 31.4 Å². The molecule has 2 aromatic rings. The van der Waals surface area contributed by atoms with Crippen LogP contribution in [0.2, 0.25) is 0 Å². The molecule has 1 saturated heterocycles. The first-order valence-electron chi connectivity index (χ1n) is 8.94. The van der Waals surface area contributed by atoms with E-state index >= 15 is 0 Å². The van der Waals surface area contributed by atoms with E-state index in [1.54, 1.807) is 26.2 Å². The van der Waals surface area contributed by atoms with E-state index in [4.69, 9.17) is 4.52 Å². The van der Waals surface area contributed by atoms with E-state index in [2.05, 4.69) is 15.5 Å². The van der Waals surface area contributed by atoms with Gasteiger partial charge in [-0.05, 0) is 51.3 Å². The maximum atomic E-state index is 12.8. The van der Waals surface area contributed by atoms with Crippen LogP contribution >= 0.6 is 0 Å². The van der Waals surface area contributed by atoms with Crippen molar-refractivity contribution < 1.29 is 17.7 Å². The van der Waals surface area contributed by atoms with Crippen molar-refractivity contribution in [3.05, 3.63) is 41.5 Å². The third kappa shape index (κ3) is 4.03. The first-order valence-corrected chi connectivity index (χ1v) is 10.4. The molecule has 0 saturated carbocycles. The van der Waals surface area contributed by atoms with Crippen LogP contribution in [0.3, 0.4) is 0 Å². The molecule has 2 aromatic heterocycles. The molecule has 8 nitrogen and oxygen atoms in total. The smallest absolute Gasteiger partial charge is 0.248 e. The number of hydrogen-bond donors (Lipinski definition) is 1. The normalized spacial score (nSPS) is 17.6. The fraction of sp³-hybridized carbons (Fsp3) is 0.500. The number of aryl methyl sites for hydroxylation is 2. The van der Waals surface area contributed by atoms with Crippen molar-refractivity contribution >= 4 is 15.9 Å². The summed E-state index contributed by atoms with van der Waals surface area (Å²) < 4.78 is 32.1. The first kappa shape index (κ1) is 19.5. The topological polar surface area (TPSA) is 105 Å². The molecule has 1 fully saturated rings. The third-order valence-electron chi connectivity index (χ3n) is 4.96. The van der Waals surface area contributed by atoms with Gasteiger partial charge in [0.1, 0.15) is 10.6 Å². The van der Waals surface area contributed by atoms with Gasteiger partial charge in [-0.15, -0.1) is 0 Å². The van der Waals surface area contributed by atoms with E-state index in [0.717, 1.165) is 5.56 Å². The van der Waals surface area contributed by atoms with Crippen molar-refractivity contribution in [3.63, 3.8) is 0 Å². The van der Waals surface area contributed by atoms with E-state index in [-0.39, 0.29) is 22.8 Å². The molecule has 9 heteroatoms. The number of sulfonamides is 1. The Hall–Kier alpha value is -2.26. The molecule has 27 heavy (non-hydrogen) atoms. The van der Waals surface area contributed by atoms with Crippen molar-refractivity contribution in [1.82, 2.24) is 19.8 Å². The Bertz CT molecular complexity index is 883. The highest BCUT2D eigenvalue weighted by molar-refractivity contribution is 7.89. The number of carbonyl (C=O) groups is 1. The summed E-state index contributed by atoms with van der Waals surface area (Å²) in [6.45, 7) is 5.73. The second kappa shape index (κ2) is 7.77. The van der Waals surface area contributed by atoms with E-state index in [9.17, 15) is 13.2 Å². The van der Waals surface area contributed by atoms with Gasteiger partial charge in [0.2, 0.25) is 15.9 Å². The second-order valence-electron chi connectivity index (χ2n) is 6.84. The Kier molecular flexibility index (Phi) is 5.61. The molecule has 1 amide bonds. The Morgan fingerprint density at radius 1 is 1.26 bits per heavy atom. The van der Waals surface area contributed by atoms with Crippen LogP contribution in [0.15, 0.2) is 33.9 Å². The highest BCUT2D eigenvalue weighted by atomic mass is 32.2. The lowest BCUT2D eigenvalue weighted by atomic mass is 9.96. The Balaban J connectivity index is 1.61. The van der Waals surface area contributed by atoms with Crippen LogP contribution in [-0.4, -0.2) is 41.9 Å². The van der Waals surface area contributed by atoms with E-state index in [1.807, 2.05) is 19.1 Å². The fourth-order valence-corrected chi connectivity index (χ4v) is 5.16. The zero-order chi connectivity index (χ0) is 19.6. The summed E-state index contributed by atoms with van der Waals surface area (Å²) in [4.78, 5) is 16.7. The molecule has 1 atom stereocenters. The van der Waals surface area contributed by atoms with E-state index in [0.29, 0.717) is 37.4 Å². The first-order chi connectivity index (χ1) is 12.8. The summed E-state index contributed by atoms with van der Waals surface area (Å²) in [5.74, 6) is 0.0395. The summed E-state index contributed by atoms with van der Waals surface area (Å²) >= 11 is 0. The zero-order valence-corrected chi connectivity index (χ0v) is 16.5. The number of piperidine rings is 1. The average molecular weight is 392 g/mol. The van der Waals surface area contributed by atoms with E-state index < -0.39 is 10.0 Å². The van der Waals surface area contributed by atoms with Gasteiger partial charge in [-0.3, -0.25) is 9.78 Å². The molecule has 3 rings (SSSR count). The van der Waals surface area contributed by atoms with Crippen molar-refractivity contribution in [1.29, 1.82) is 0 Å². The van der Waals surface area contributed by atoms with Gasteiger partial charge < -0.3 is 9.84 Å². The number of nitrogens with zero attached hydrogens (tertiary/aromatic N) is 3. The van der Waals surface area contributed by atoms with Gasteiger partial charge in [0.05, 0.1) is 6.04 Å². The molecule has 1 N–H and O–H groups in total. The van der Waals surface area contributed by atoms with Crippen LogP contribution in [0, 0.1) is 19.8 Å². The summed E-state index contributed by atoms with van der Waals surface area (Å²) in [7, 11) is -3.66. The Morgan fingerprint density at radius 3 is 2.44 bits per heavy atom. The number of amides is 1. The van der Waals surface area contributed by atoms with Gasteiger partial charge in [-0.2, -0.15) is 4.31 Å². The molecular formula is C18H24N4O4S. The van der Waals surface area contributed by atoms with Crippen LogP contribution in [0.4, 0.5) is 0 Å². The van der Waals surface area contributed by atoms with Crippen molar-refractivity contribution in [3.8, 4) is 0 Å². The summed E-state index contributed by atoms with van der Waals surface area (Å²) in [6, 6.07) is 3.61. The fourth-order valence-electron chi connectivity index (χ4n) is 3.40. The van der Waals surface area contributed by atoms with Gasteiger partial charge in [-0.25, -0.2) is 8.42 Å². The number of pyridine rings is 1. The SMILES string of the molecule is Cc1noc(C)c1S(=O)(=O)N1CCC(C(=O)NC(C)c2ccncc2)CC1. The predicted molar refractivity (Wildman–Crippen MR) is 98.3 cm³/mol. The predicted octanol–water partition coefficient (Wildman–Crippen LogP) is 1.96. The molecule has 1 aliphatic rings. The largest absolute Gasteiger partial charge is 0.360 e. The number of aromatic nitrogens is 2. The van der Waals surface area contributed by atoms with Gasteiger partial charge in [-0.1, -0.05) is 5.16 Å². The van der Waals surface area contributed by atoms with Crippen LogP contribution in [-0.2, 0) is 14.8 Å². The summed E-state index contributed by atoms with van der Waals surface area (Å²) in [6.07, 6.45) is 4.35. The van der Waals surface area contributed by atoms with Crippen molar-refractivity contribution in [2.45, 2.75) is 44.6 Å². The molecule has 0 aliphatic carbocycles. The molecule has 3 heterocycles. The molecular weight excluding hydrogens is 368 g/mol. The number of carbonyl (C=O) groups excluding carboxylic acids is 1. The molecule has 0 spiro atoms. The van der Waals surface area contributed by atoms with Crippen molar-refractivity contribution in [2.75, 3.05) is 13.1 Å². The van der Waals surface area contributed by atoms with Crippen LogP contribution in [0.1, 0.15) is 42.8 Å². The van der Waals surface area contributed by atoms with Gasteiger partial charge in [0.25, 0.3) is 0 Å².